The van der Waals surface area contributed by atoms with Crippen molar-refractivity contribution in [3.8, 4) is 5.75 Å². The number of hydrogen-bond acceptors (Lipinski definition) is 5. The Morgan fingerprint density at radius 2 is 1.74 bits per heavy atom. The Balaban J connectivity index is 0.000000319. The van der Waals surface area contributed by atoms with Crippen molar-refractivity contribution < 1.29 is 15.0 Å². The molecule has 31 heavy (non-hydrogen) atoms. The summed E-state index contributed by atoms with van der Waals surface area (Å²) in [6, 6.07) is 14.3. The first-order chi connectivity index (χ1) is 15.0. The van der Waals surface area contributed by atoms with Crippen molar-refractivity contribution >= 4 is 40.5 Å². The first kappa shape index (κ1) is 25.0. The Morgan fingerprint density at radius 3 is 2.32 bits per heavy atom. The van der Waals surface area contributed by atoms with Crippen LogP contribution in [0, 0.1) is 0 Å². The first-order valence-electron chi connectivity index (χ1n) is 10.3. The van der Waals surface area contributed by atoms with E-state index in [1.54, 1.807) is 41.4 Å². The minimum atomic E-state index is -0.0421. The molecule has 4 rings (SSSR count). The number of carbonyl (C=O) groups excluding carboxylic acids is 1. The largest absolute Gasteiger partial charge is 0.508 e. The molecule has 0 unspecified atom stereocenters. The van der Waals surface area contributed by atoms with E-state index in [0.29, 0.717) is 40.5 Å². The highest BCUT2D eigenvalue weighted by Crippen LogP contribution is 2.30. The van der Waals surface area contributed by atoms with Crippen LogP contribution in [0.25, 0.3) is 0 Å². The number of nitrogens with one attached hydrogen (secondary N) is 1. The molecular formula is C23H29Cl2N3O3. The van der Waals surface area contributed by atoms with Crippen molar-refractivity contribution in [2.24, 2.45) is 5.10 Å². The minimum absolute atomic E-state index is 0.0421. The zero-order chi connectivity index (χ0) is 22.6. The number of anilines is 1. The molecule has 3 N–H and O–H groups in total. The van der Waals surface area contributed by atoms with Crippen LogP contribution in [0.2, 0.25) is 10.0 Å². The van der Waals surface area contributed by atoms with Gasteiger partial charge in [0, 0.05) is 31.1 Å². The third kappa shape index (κ3) is 8.05. The van der Waals surface area contributed by atoms with E-state index in [4.69, 9.17) is 33.4 Å². The van der Waals surface area contributed by atoms with E-state index >= 15 is 0 Å². The second kappa shape index (κ2) is 13.2. The number of aliphatic hydroxyl groups is 1. The Kier molecular flexibility index (Phi) is 10.6. The molecule has 0 atom stereocenters. The topological polar surface area (TPSA) is 85.2 Å². The SMILES string of the molecule is CO.O=C(NC1CCCCC1)C1=NN(c2ccc(Cl)cc2Cl)CC1.Oc1ccccc1. The van der Waals surface area contributed by atoms with Gasteiger partial charge in [-0.3, -0.25) is 9.80 Å². The number of para-hydroxylation sites is 1. The second-order valence-electron chi connectivity index (χ2n) is 7.16. The lowest BCUT2D eigenvalue weighted by Gasteiger charge is -2.22. The summed E-state index contributed by atoms with van der Waals surface area (Å²) < 4.78 is 0. The quantitative estimate of drug-likeness (QED) is 0.594. The fraction of sp³-hybridized carbons (Fsp3) is 0.391. The van der Waals surface area contributed by atoms with Gasteiger partial charge in [-0.1, -0.05) is 60.7 Å². The van der Waals surface area contributed by atoms with Gasteiger partial charge < -0.3 is 15.5 Å². The van der Waals surface area contributed by atoms with Crippen molar-refractivity contribution in [1.82, 2.24) is 5.32 Å². The fourth-order valence-corrected chi connectivity index (χ4v) is 3.93. The molecule has 2 aromatic carbocycles. The molecule has 0 bridgehead atoms. The van der Waals surface area contributed by atoms with E-state index in [0.717, 1.165) is 25.6 Å². The number of rotatable bonds is 3. The molecule has 1 aliphatic heterocycles. The van der Waals surface area contributed by atoms with Gasteiger partial charge in [0.15, 0.2) is 0 Å². The van der Waals surface area contributed by atoms with Gasteiger partial charge in [-0.05, 0) is 43.2 Å². The Bertz CT molecular complexity index is 856. The van der Waals surface area contributed by atoms with Crippen LogP contribution in [0.5, 0.6) is 5.75 Å². The van der Waals surface area contributed by atoms with E-state index in [1.165, 1.54) is 19.3 Å². The minimum Gasteiger partial charge on any atom is -0.508 e. The highest BCUT2D eigenvalue weighted by molar-refractivity contribution is 6.40. The van der Waals surface area contributed by atoms with Crippen molar-refractivity contribution in [2.75, 3.05) is 18.7 Å². The number of amides is 1. The van der Waals surface area contributed by atoms with Gasteiger partial charge in [0.05, 0.1) is 10.7 Å². The van der Waals surface area contributed by atoms with Crippen LogP contribution in [0.3, 0.4) is 0 Å². The predicted octanol–water partition coefficient (Wildman–Crippen LogP) is 5.01. The summed E-state index contributed by atoms with van der Waals surface area (Å²) in [5, 5.41) is 26.1. The Hall–Kier alpha value is -2.28. The summed E-state index contributed by atoms with van der Waals surface area (Å²) in [5.41, 5.74) is 1.36. The van der Waals surface area contributed by atoms with Gasteiger partial charge in [-0.2, -0.15) is 5.10 Å². The smallest absolute Gasteiger partial charge is 0.267 e. The molecule has 1 fully saturated rings. The summed E-state index contributed by atoms with van der Waals surface area (Å²) in [6.45, 7) is 0.661. The summed E-state index contributed by atoms with van der Waals surface area (Å²) in [7, 11) is 1.00. The number of phenols is 1. The lowest BCUT2D eigenvalue weighted by atomic mass is 9.95. The van der Waals surface area contributed by atoms with Crippen molar-refractivity contribution in [3.63, 3.8) is 0 Å². The Morgan fingerprint density at radius 1 is 1.06 bits per heavy atom. The first-order valence-corrected chi connectivity index (χ1v) is 11.1. The number of aromatic hydroxyl groups is 1. The number of hydrogen-bond donors (Lipinski definition) is 3. The molecule has 1 saturated carbocycles. The molecule has 0 saturated heterocycles. The third-order valence-corrected chi connectivity index (χ3v) is 5.49. The average molecular weight is 466 g/mol. The molecule has 0 aromatic heterocycles. The zero-order valence-electron chi connectivity index (χ0n) is 17.6. The summed E-state index contributed by atoms with van der Waals surface area (Å²) in [5.74, 6) is 0.280. The van der Waals surface area contributed by atoms with E-state index in [9.17, 15) is 4.79 Å². The average Bonchev–Trinajstić information content (AvgIpc) is 3.27. The number of aliphatic hydroxyl groups excluding tert-OH is 1. The highest BCUT2D eigenvalue weighted by atomic mass is 35.5. The molecule has 1 amide bonds. The molecule has 0 spiro atoms. The predicted molar refractivity (Wildman–Crippen MR) is 127 cm³/mol. The van der Waals surface area contributed by atoms with E-state index < -0.39 is 0 Å². The Labute approximate surface area is 193 Å². The van der Waals surface area contributed by atoms with Crippen LogP contribution < -0.4 is 10.3 Å². The molecule has 8 heteroatoms. The molecule has 1 aliphatic carbocycles. The maximum Gasteiger partial charge on any atom is 0.267 e. The van der Waals surface area contributed by atoms with Crippen molar-refractivity contribution in [1.29, 1.82) is 0 Å². The molecule has 1 heterocycles. The van der Waals surface area contributed by atoms with Gasteiger partial charge in [-0.25, -0.2) is 0 Å². The summed E-state index contributed by atoms with van der Waals surface area (Å²) >= 11 is 12.1. The maximum absolute atomic E-state index is 12.3. The van der Waals surface area contributed by atoms with Gasteiger partial charge in [0.1, 0.15) is 11.5 Å². The lowest BCUT2D eigenvalue weighted by molar-refractivity contribution is -0.115. The number of benzene rings is 2. The lowest BCUT2D eigenvalue weighted by Crippen LogP contribution is -2.39. The highest BCUT2D eigenvalue weighted by Gasteiger charge is 2.25. The molecule has 0 radical (unpaired) electrons. The normalized spacial score (nSPS) is 15.7. The molecule has 168 valence electrons. The van der Waals surface area contributed by atoms with Gasteiger partial charge in [0.2, 0.25) is 0 Å². The maximum atomic E-state index is 12.3. The van der Waals surface area contributed by atoms with Crippen LogP contribution in [-0.2, 0) is 4.79 Å². The van der Waals surface area contributed by atoms with Crippen molar-refractivity contribution in [3.05, 3.63) is 58.6 Å². The van der Waals surface area contributed by atoms with Gasteiger partial charge in [-0.15, -0.1) is 0 Å². The van der Waals surface area contributed by atoms with Crippen LogP contribution in [0.1, 0.15) is 38.5 Å². The monoisotopic (exact) mass is 465 g/mol. The summed E-state index contributed by atoms with van der Waals surface area (Å²) in [4.78, 5) is 12.3. The van der Waals surface area contributed by atoms with E-state index in [2.05, 4.69) is 10.4 Å². The number of carbonyl (C=O) groups is 1. The number of phenolic OH excluding ortho intramolecular Hbond substituents is 1. The number of nitrogens with zero attached hydrogens (tertiary/aromatic N) is 2. The third-order valence-electron chi connectivity index (χ3n) is 4.95. The molecular weight excluding hydrogens is 437 g/mol. The molecule has 2 aromatic rings. The summed E-state index contributed by atoms with van der Waals surface area (Å²) in [6.07, 6.45) is 6.46. The fourth-order valence-electron chi connectivity index (χ4n) is 3.42. The van der Waals surface area contributed by atoms with Crippen LogP contribution in [0.4, 0.5) is 5.69 Å². The number of hydrazone groups is 1. The van der Waals surface area contributed by atoms with Crippen LogP contribution >= 0.6 is 23.2 Å². The second-order valence-corrected chi connectivity index (χ2v) is 8.00. The van der Waals surface area contributed by atoms with E-state index in [1.807, 2.05) is 12.1 Å². The molecule has 6 nitrogen and oxygen atoms in total. The number of halogens is 2. The van der Waals surface area contributed by atoms with E-state index in [-0.39, 0.29) is 5.91 Å². The zero-order valence-corrected chi connectivity index (χ0v) is 19.1. The van der Waals surface area contributed by atoms with Crippen molar-refractivity contribution in [2.45, 2.75) is 44.6 Å². The van der Waals surface area contributed by atoms with Crippen LogP contribution in [-0.4, -0.2) is 41.5 Å². The standard InChI is InChI=1S/C16H19Cl2N3O.C6H6O.CH4O/c17-11-6-7-15(13(18)10-11)21-9-8-14(20-21)16(22)19-12-4-2-1-3-5-12;7-6-4-2-1-3-5-6;1-2/h6-7,10,12H,1-5,8-9H2,(H,19,22);1-5,7H;2H,1H3. The van der Waals surface area contributed by atoms with Crippen LogP contribution in [0.15, 0.2) is 53.6 Å². The van der Waals surface area contributed by atoms with Gasteiger partial charge in [0.25, 0.3) is 5.91 Å². The molecule has 2 aliphatic rings. The van der Waals surface area contributed by atoms with Gasteiger partial charge >= 0.3 is 0 Å².